The Morgan fingerprint density at radius 1 is 0.912 bits per heavy atom. The Labute approximate surface area is 199 Å². The highest BCUT2D eigenvalue weighted by Gasteiger charge is 2.50. The molecule has 0 spiro atoms. The van der Waals surface area contributed by atoms with Crippen LogP contribution in [-0.2, 0) is 10.2 Å². The molecular formula is C28H31N3O3. The van der Waals surface area contributed by atoms with Gasteiger partial charge in [-0.15, -0.1) is 0 Å². The van der Waals surface area contributed by atoms with E-state index in [1.807, 2.05) is 29.2 Å². The number of benzene rings is 2. The van der Waals surface area contributed by atoms with Gasteiger partial charge >= 0.3 is 0 Å². The van der Waals surface area contributed by atoms with E-state index >= 15 is 0 Å². The molecule has 4 fully saturated rings. The number of piperazine rings is 1. The van der Waals surface area contributed by atoms with E-state index in [2.05, 4.69) is 41.2 Å². The number of carbonyl (C=O) groups excluding carboxylic acids is 2. The summed E-state index contributed by atoms with van der Waals surface area (Å²) in [5.74, 6) is 0.466. The zero-order valence-electron chi connectivity index (χ0n) is 19.7. The van der Waals surface area contributed by atoms with E-state index in [1.54, 1.807) is 0 Å². The van der Waals surface area contributed by atoms with Gasteiger partial charge in [0.05, 0.1) is 10.8 Å². The highest BCUT2D eigenvalue weighted by atomic mass is 16.5. The molecule has 176 valence electrons. The van der Waals surface area contributed by atoms with Crippen LogP contribution < -0.4 is 0 Å². The van der Waals surface area contributed by atoms with Crippen molar-refractivity contribution in [1.82, 2.24) is 15.0 Å². The van der Waals surface area contributed by atoms with E-state index < -0.39 is 5.41 Å². The molecule has 1 aliphatic carbocycles. The number of aromatic nitrogens is 1. The van der Waals surface area contributed by atoms with Crippen LogP contribution in [0, 0.1) is 6.92 Å². The SMILES string of the molecule is Cc1ccc(C2(C(=O)N3CC4CCC3CN4C(=O)c3onc4ccccc34)CCCCC2)cc1. The summed E-state index contributed by atoms with van der Waals surface area (Å²) in [7, 11) is 0. The van der Waals surface area contributed by atoms with Crippen LogP contribution >= 0.6 is 0 Å². The van der Waals surface area contributed by atoms with Gasteiger partial charge in [-0.2, -0.15) is 0 Å². The van der Waals surface area contributed by atoms with E-state index in [-0.39, 0.29) is 23.9 Å². The second-order valence-electron chi connectivity index (χ2n) is 10.3. The first-order valence-corrected chi connectivity index (χ1v) is 12.6. The fraction of sp³-hybridized carbons (Fsp3) is 0.464. The molecule has 2 unspecified atom stereocenters. The van der Waals surface area contributed by atoms with Crippen molar-refractivity contribution in [3.8, 4) is 0 Å². The molecule has 7 rings (SSSR count). The van der Waals surface area contributed by atoms with Gasteiger partial charge in [-0.25, -0.2) is 0 Å². The van der Waals surface area contributed by atoms with Crippen LogP contribution in [0.25, 0.3) is 10.9 Å². The predicted molar refractivity (Wildman–Crippen MR) is 130 cm³/mol. The van der Waals surface area contributed by atoms with Crippen LogP contribution in [0.1, 0.15) is 66.6 Å². The average Bonchev–Trinajstić information content (AvgIpc) is 3.33. The first-order valence-electron chi connectivity index (χ1n) is 12.6. The van der Waals surface area contributed by atoms with Crippen LogP contribution in [0.5, 0.6) is 0 Å². The molecule has 0 N–H and O–H groups in total. The van der Waals surface area contributed by atoms with Crippen molar-refractivity contribution in [2.24, 2.45) is 0 Å². The Balaban J connectivity index is 1.27. The van der Waals surface area contributed by atoms with E-state index in [4.69, 9.17) is 4.52 Å². The zero-order valence-corrected chi connectivity index (χ0v) is 19.7. The number of rotatable bonds is 3. The Kier molecular flexibility index (Phi) is 5.19. The normalized spacial score (nSPS) is 23.9. The van der Waals surface area contributed by atoms with E-state index in [9.17, 15) is 9.59 Å². The van der Waals surface area contributed by atoms with Crippen molar-refractivity contribution in [2.45, 2.75) is 69.4 Å². The van der Waals surface area contributed by atoms with Crippen LogP contribution in [0.4, 0.5) is 0 Å². The van der Waals surface area contributed by atoms with E-state index in [1.165, 1.54) is 12.0 Å². The molecule has 6 nitrogen and oxygen atoms in total. The maximum Gasteiger partial charge on any atom is 0.293 e. The lowest BCUT2D eigenvalue weighted by atomic mass is 9.67. The van der Waals surface area contributed by atoms with Crippen LogP contribution in [0.15, 0.2) is 53.1 Å². The molecule has 2 bridgehead atoms. The first kappa shape index (κ1) is 21.4. The minimum Gasteiger partial charge on any atom is -0.350 e. The third-order valence-electron chi connectivity index (χ3n) is 8.35. The quantitative estimate of drug-likeness (QED) is 0.564. The molecule has 2 aromatic carbocycles. The molecule has 34 heavy (non-hydrogen) atoms. The molecule has 2 atom stereocenters. The topological polar surface area (TPSA) is 66.7 Å². The minimum absolute atomic E-state index is 0.0176. The largest absolute Gasteiger partial charge is 0.350 e. The van der Waals surface area contributed by atoms with Gasteiger partial charge in [0.15, 0.2) is 0 Å². The molecule has 1 aromatic heterocycles. The minimum atomic E-state index is -0.431. The smallest absolute Gasteiger partial charge is 0.293 e. The highest BCUT2D eigenvalue weighted by Crippen LogP contribution is 2.43. The fourth-order valence-electron chi connectivity index (χ4n) is 6.43. The predicted octanol–water partition coefficient (Wildman–Crippen LogP) is 4.85. The lowest BCUT2D eigenvalue weighted by Gasteiger charge is -2.53. The Bertz CT molecular complexity index is 1230. The second kappa shape index (κ2) is 8.26. The summed E-state index contributed by atoms with van der Waals surface area (Å²) >= 11 is 0. The summed E-state index contributed by atoms with van der Waals surface area (Å²) < 4.78 is 5.47. The number of nitrogens with zero attached hydrogens (tertiary/aromatic N) is 3. The highest BCUT2D eigenvalue weighted by molar-refractivity contribution is 6.04. The Morgan fingerprint density at radius 2 is 1.59 bits per heavy atom. The molecule has 2 amide bonds. The second-order valence-corrected chi connectivity index (χ2v) is 10.3. The molecule has 3 aliphatic heterocycles. The van der Waals surface area contributed by atoms with Gasteiger partial charge in [0.25, 0.3) is 5.91 Å². The van der Waals surface area contributed by atoms with E-state index in [0.29, 0.717) is 24.4 Å². The zero-order chi connectivity index (χ0) is 23.3. The molecular weight excluding hydrogens is 426 g/mol. The number of carbonyl (C=O) groups is 2. The summed E-state index contributed by atoms with van der Waals surface area (Å²) in [4.78, 5) is 31.7. The fourth-order valence-corrected chi connectivity index (χ4v) is 6.43. The number of aryl methyl sites for hydroxylation is 1. The molecule has 3 aromatic rings. The van der Waals surface area contributed by atoms with Crippen LogP contribution in [-0.4, -0.2) is 51.9 Å². The van der Waals surface area contributed by atoms with E-state index in [0.717, 1.165) is 49.5 Å². The number of hydrogen-bond acceptors (Lipinski definition) is 4. The lowest BCUT2D eigenvalue weighted by molar-refractivity contribution is -0.148. The molecule has 6 heteroatoms. The number of hydrogen-bond donors (Lipinski definition) is 0. The van der Waals surface area contributed by atoms with Crippen molar-refractivity contribution in [3.05, 3.63) is 65.4 Å². The van der Waals surface area contributed by atoms with Crippen LogP contribution in [0.3, 0.4) is 0 Å². The summed E-state index contributed by atoms with van der Waals surface area (Å²) in [5, 5.41) is 4.82. The molecule has 4 heterocycles. The number of fused-ring (bicyclic) bond motifs is 4. The van der Waals surface area contributed by atoms with Crippen molar-refractivity contribution in [3.63, 3.8) is 0 Å². The van der Waals surface area contributed by atoms with Gasteiger partial charge in [-0.05, 0) is 50.3 Å². The van der Waals surface area contributed by atoms with Gasteiger partial charge in [0, 0.05) is 25.2 Å². The summed E-state index contributed by atoms with van der Waals surface area (Å²) in [6.07, 6.45) is 7.06. The maximum atomic E-state index is 14.2. The molecule has 4 aliphatic rings. The molecule has 0 radical (unpaired) electrons. The van der Waals surface area contributed by atoms with Gasteiger partial charge in [-0.1, -0.05) is 66.4 Å². The standard InChI is InChI=1S/C28H31N3O3/c1-19-9-11-20(12-10-19)28(15-5-2-6-16-28)27(33)31-18-21-13-14-22(31)17-30(21)26(32)25-23-7-3-4-8-24(23)29-34-25/h3-4,7-12,21-22H,2,5-6,13-18H2,1H3. The van der Waals surface area contributed by atoms with Crippen molar-refractivity contribution >= 4 is 22.7 Å². The van der Waals surface area contributed by atoms with Gasteiger partial charge in [0.2, 0.25) is 11.7 Å². The summed E-state index contributed by atoms with van der Waals surface area (Å²) in [6, 6.07) is 16.2. The summed E-state index contributed by atoms with van der Waals surface area (Å²) in [6.45, 7) is 3.26. The maximum absolute atomic E-state index is 14.2. The third-order valence-corrected chi connectivity index (χ3v) is 8.35. The Hall–Kier alpha value is -3.15. The van der Waals surface area contributed by atoms with Crippen LogP contribution in [0.2, 0.25) is 0 Å². The molecule has 3 saturated heterocycles. The van der Waals surface area contributed by atoms with Gasteiger partial charge in [0.1, 0.15) is 5.52 Å². The first-order chi connectivity index (χ1) is 16.6. The number of piperidine rings is 2. The molecule has 1 saturated carbocycles. The lowest BCUT2D eigenvalue weighted by Crippen LogP contribution is -2.67. The number of amides is 2. The average molecular weight is 458 g/mol. The van der Waals surface area contributed by atoms with Crippen molar-refractivity contribution in [2.75, 3.05) is 13.1 Å². The monoisotopic (exact) mass is 457 g/mol. The van der Waals surface area contributed by atoms with Crippen molar-refractivity contribution in [1.29, 1.82) is 0 Å². The van der Waals surface area contributed by atoms with Gasteiger partial charge < -0.3 is 14.3 Å². The van der Waals surface area contributed by atoms with Gasteiger partial charge in [-0.3, -0.25) is 9.59 Å². The Morgan fingerprint density at radius 3 is 2.29 bits per heavy atom. The van der Waals surface area contributed by atoms with Crippen molar-refractivity contribution < 1.29 is 14.1 Å². The third kappa shape index (κ3) is 3.34. The summed E-state index contributed by atoms with van der Waals surface area (Å²) in [5.41, 5.74) is 2.64.